The second kappa shape index (κ2) is 6.44. The summed E-state index contributed by atoms with van der Waals surface area (Å²) in [4.78, 5) is 16.6. The topological polar surface area (TPSA) is 70.2 Å². The highest BCUT2D eigenvalue weighted by Crippen LogP contribution is 2.38. The van der Waals surface area contributed by atoms with Gasteiger partial charge in [-0.1, -0.05) is 6.07 Å². The number of hydrogen-bond donors (Lipinski definition) is 0. The maximum atomic E-state index is 12.1. The van der Waals surface area contributed by atoms with Gasteiger partial charge in [0.25, 0.3) is 0 Å². The molecule has 0 fully saturated rings. The Bertz CT molecular complexity index is 967. The van der Waals surface area contributed by atoms with Crippen LogP contribution < -0.4 is 0 Å². The van der Waals surface area contributed by atoms with Crippen LogP contribution in [0, 0.1) is 13.8 Å². The van der Waals surface area contributed by atoms with Crippen LogP contribution in [0.5, 0.6) is 0 Å². The first kappa shape index (κ1) is 16.6. The molecule has 0 unspecified atom stereocenters. The fraction of sp³-hybridized carbons (Fsp3) is 0.350. The molecule has 4 rings (SSSR count). The van der Waals surface area contributed by atoms with E-state index < -0.39 is 5.97 Å². The van der Waals surface area contributed by atoms with Crippen LogP contribution in [0.3, 0.4) is 0 Å². The van der Waals surface area contributed by atoms with Crippen molar-refractivity contribution in [3.05, 3.63) is 58.4 Å². The van der Waals surface area contributed by atoms with Gasteiger partial charge in [-0.15, -0.1) is 0 Å². The quantitative estimate of drug-likeness (QED) is 0.673. The monoisotopic (exact) mass is 351 g/mol. The lowest BCUT2D eigenvalue weighted by Crippen LogP contribution is -2.05. The van der Waals surface area contributed by atoms with Gasteiger partial charge in [0, 0.05) is 29.9 Å². The smallest absolute Gasteiger partial charge is 0.374 e. The van der Waals surface area contributed by atoms with E-state index in [-0.39, 0.29) is 0 Å². The Morgan fingerprint density at radius 2 is 2.15 bits per heavy atom. The van der Waals surface area contributed by atoms with E-state index in [1.807, 2.05) is 30.8 Å². The number of furan rings is 1. The molecule has 0 atom stereocenters. The zero-order valence-corrected chi connectivity index (χ0v) is 15.2. The highest BCUT2D eigenvalue weighted by Gasteiger charge is 2.30. The Morgan fingerprint density at radius 3 is 2.88 bits per heavy atom. The molecule has 0 radical (unpaired) electrons. The van der Waals surface area contributed by atoms with E-state index in [2.05, 4.69) is 17.2 Å². The number of fused-ring (bicyclic) bond motifs is 3. The Morgan fingerprint density at radius 1 is 1.31 bits per heavy atom. The molecule has 0 saturated heterocycles. The predicted octanol–water partition coefficient (Wildman–Crippen LogP) is 3.48. The lowest BCUT2D eigenvalue weighted by Gasteiger charge is -2.09. The van der Waals surface area contributed by atoms with Crippen molar-refractivity contribution in [3.8, 4) is 11.3 Å². The summed E-state index contributed by atoms with van der Waals surface area (Å²) in [7, 11) is 0. The Hall–Kier alpha value is -2.89. The maximum Gasteiger partial charge on any atom is 0.374 e. The maximum absolute atomic E-state index is 12.1. The van der Waals surface area contributed by atoms with Gasteiger partial charge in [0.1, 0.15) is 5.76 Å². The number of carbonyl (C=O) groups excluding carboxylic acids is 1. The van der Waals surface area contributed by atoms with Crippen molar-refractivity contribution in [2.45, 2.75) is 40.2 Å². The minimum Gasteiger partial charge on any atom is -0.460 e. The van der Waals surface area contributed by atoms with Crippen molar-refractivity contribution in [1.29, 1.82) is 0 Å². The molecule has 0 saturated carbocycles. The molecule has 26 heavy (non-hydrogen) atoms. The van der Waals surface area contributed by atoms with Crippen LogP contribution in [-0.2, 0) is 24.1 Å². The molecule has 1 aliphatic carbocycles. The summed E-state index contributed by atoms with van der Waals surface area (Å²) in [6, 6.07) is 4.07. The summed E-state index contributed by atoms with van der Waals surface area (Å²) < 4.78 is 12.8. The van der Waals surface area contributed by atoms with E-state index in [0.717, 1.165) is 46.7 Å². The molecule has 134 valence electrons. The number of rotatable bonds is 4. The highest BCUT2D eigenvalue weighted by molar-refractivity contribution is 5.91. The Kier molecular flexibility index (Phi) is 4.11. The molecular weight excluding hydrogens is 330 g/mol. The van der Waals surface area contributed by atoms with Gasteiger partial charge in [-0.2, -0.15) is 5.10 Å². The van der Waals surface area contributed by atoms with Crippen LogP contribution in [-0.4, -0.2) is 27.3 Å². The molecule has 3 aromatic heterocycles. The van der Waals surface area contributed by atoms with Gasteiger partial charge in [0.2, 0.25) is 5.76 Å². The molecular formula is C20H21N3O3. The van der Waals surface area contributed by atoms with Gasteiger partial charge < -0.3 is 9.15 Å². The van der Waals surface area contributed by atoms with Crippen molar-refractivity contribution >= 4 is 5.97 Å². The third kappa shape index (κ3) is 2.81. The first-order valence-corrected chi connectivity index (χ1v) is 8.84. The van der Waals surface area contributed by atoms with Gasteiger partial charge in [-0.05, 0) is 44.4 Å². The average molecular weight is 351 g/mol. The second-order valence-corrected chi connectivity index (χ2v) is 6.60. The number of pyridine rings is 1. The fourth-order valence-electron chi connectivity index (χ4n) is 3.39. The molecule has 3 heterocycles. The molecule has 0 spiro atoms. The SMILES string of the molecule is CCOC(=O)c1oc2c(c1C)-c1nn(Cc3ccc(C)cn3)cc1CC2. The summed E-state index contributed by atoms with van der Waals surface area (Å²) in [5.74, 6) is 0.695. The molecule has 0 aromatic carbocycles. The van der Waals surface area contributed by atoms with Crippen LogP contribution in [0.1, 0.15) is 45.6 Å². The van der Waals surface area contributed by atoms with E-state index in [4.69, 9.17) is 14.3 Å². The Balaban J connectivity index is 1.68. The Labute approximate surface area is 151 Å². The third-order valence-electron chi connectivity index (χ3n) is 4.67. The van der Waals surface area contributed by atoms with Gasteiger partial charge in [-0.25, -0.2) is 4.79 Å². The lowest BCUT2D eigenvalue weighted by molar-refractivity contribution is 0.0487. The van der Waals surface area contributed by atoms with E-state index >= 15 is 0 Å². The summed E-state index contributed by atoms with van der Waals surface area (Å²) >= 11 is 0. The number of aryl methyl sites for hydroxylation is 3. The first-order valence-electron chi connectivity index (χ1n) is 8.84. The second-order valence-electron chi connectivity index (χ2n) is 6.60. The van der Waals surface area contributed by atoms with Gasteiger partial charge in [-0.3, -0.25) is 9.67 Å². The number of esters is 1. The normalized spacial score (nSPS) is 12.6. The number of aromatic nitrogens is 3. The number of nitrogens with zero attached hydrogens (tertiary/aromatic N) is 3. The molecule has 3 aromatic rings. The van der Waals surface area contributed by atoms with Gasteiger partial charge in [0.15, 0.2) is 0 Å². The molecule has 0 aliphatic heterocycles. The average Bonchev–Trinajstić information content (AvgIpc) is 3.17. The van der Waals surface area contributed by atoms with E-state index in [0.29, 0.717) is 18.9 Å². The molecule has 1 aliphatic rings. The highest BCUT2D eigenvalue weighted by atomic mass is 16.5. The lowest BCUT2D eigenvalue weighted by atomic mass is 9.94. The minimum absolute atomic E-state index is 0.291. The first-order chi connectivity index (χ1) is 12.6. The number of ether oxygens (including phenoxy) is 1. The van der Waals surface area contributed by atoms with E-state index in [1.54, 1.807) is 6.92 Å². The van der Waals surface area contributed by atoms with Crippen molar-refractivity contribution in [2.75, 3.05) is 6.61 Å². The van der Waals surface area contributed by atoms with Crippen molar-refractivity contribution in [2.24, 2.45) is 0 Å². The molecule has 0 N–H and O–H groups in total. The minimum atomic E-state index is -0.413. The van der Waals surface area contributed by atoms with Crippen LogP contribution in [0.2, 0.25) is 0 Å². The van der Waals surface area contributed by atoms with Crippen LogP contribution in [0.15, 0.2) is 28.9 Å². The standard InChI is InChI=1S/C20H21N3O3/c1-4-25-20(24)19-13(3)17-16(26-19)8-6-14-10-23(22-18(14)17)11-15-7-5-12(2)9-21-15/h5,7,9-10H,4,6,8,11H2,1-3H3. The largest absolute Gasteiger partial charge is 0.460 e. The molecule has 0 amide bonds. The molecule has 0 bridgehead atoms. The van der Waals surface area contributed by atoms with Crippen molar-refractivity contribution in [3.63, 3.8) is 0 Å². The summed E-state index contributed by atoms with van der Waals surface area (Å²) in [6.07, 6.45) is 5.54. The van der Waals surface area contributed by atoms with Gasteiger partial charge >= 0.3 is 5.97 Å². The molecule has 6 nitrogen and oxygen atoms in total. The summed E-state index contributed by atoms with van der Waals surface area (Å²) in [5.41, 5.74) is 5.91. The third-order valence-corrected chi connectivity index (χ3v) is 4.67. The van der Waals surface area contributed by atoms with Crippen molar-refractivity contribution in [1.82, 2.24) is 14.8 Å². The molecule has 6 heteroatoms. The van der Waals surface area contributed by atoms with Gasteiger partial charge in [0.05, 0.1) is 24.5 Å². The zero-order chi connectivity index (χ0) is 18.3. The predicted molar refractivity (Wildman–Crippen MR) is 96.1 cm³/mol. The van der Waals surface area contributed by atoms with E-state index in [9.17, 15) is 4.79 Å². The fourth-order valence-corrected chi connectivity index (χ4v) is 3.39. The zero-order valence-electron chi connectivity index (χ0n) is 15.2. The van der Waals surface area contributed by atoms with Crippen LogP contribution in [0.25, 0.3) is 11.3 Å². The van der Waals surface area contributed by atoms with E-state index in [1.165, 1.54) is 5.56 Å². The summed E-state index contributed by atoms with van der Waals surface area (Å²) in [6.45, 7) is 6.64. The van der Waals surface area contributed by atoms with Crippen LogP contribution in [0.4, 0.5) is 0 Å². The summed E-state index contributed by atoms with van der Waals surface area (Å²) in [5, 5.41) is 4.75. The number of carbonyl (C=O) groups is 1. The number of hydrogen-bond acceptors (Lipinski definition) is 5. The van der Waals surface area contributed by atoms with Crippen molar-refractivity contribution < 1.29 is 13.9 Å². The van der Waals surface area contributed by atoms with Crippen LogP contribution >= 0.6 is 0 Å².